The van der Waals surface area contributed by atoms with Crippen LogP contribution < -0.4 is 19.7 Å². The van der Waals surface area contributed by atoms with Crippen LogP contribution >= 0.6 is 0 Å². The number of fused-ring (bicyclic) bond motifs is 1. The molecule has 0 aliphatic carbocycles. The number of anilines is 1. The normalized spacial score (nSPS) is 12.5. The summed E-state index contributed by atoms with van der Waals surface area (Å²) in [7, 11) is 3.11. The number of amides is 2. The average Bonchev–Trinajstić information content (AvgIpc) is 3.12. The first-order chi connectivity index (χ1) is 15.5. The van der Waals surface area contributed by atoms with Gasteiger partial charge in [0.05, 0.1) is 27.2 Å². The maximum atomic E-state index is 13.2. The Labute approximate surface area is 185 Å². The van der Waals surface area contributed by atoms with E-state index < -0.39 is 0 Å². The van der Waals surface area contributed by atoms with Crippen LogP contribution in [0.3, 0.4) is 0 Å². The van der Waals surface area contributed by atoms with Gasteiger partial charge in [0.1, 0.15) is 5.82 Å². The van der Waals surface area contributed by atoms with Crippen LogP contribution in [0.4, 0.5) is 10.1 Å². The van der Waals surface area contributed by atoms with Crippen molar-refractivity contribution < 1.29 is 23.5 Å². The van der Waals surface area contributed by atoms with E-state index in [2.05, 4.69) is 5.32 Å². The number of nitrogens with one attached hydrogen (secondary N) is 1. The van der Waals surface area contributed by atoms with Crippen molar-refractivity contribution in [2.75, 3.05) is 19.1 Å². The van der Waals surface area contributed by atoms with E-state index >= 15 is 0 Å². The molecule has 0 spiro atoms. The zero-order chi connectivity index (χ0) is 22.7. The Hall–Kier alpha value is -3.87. The Bertz CT molecular complexity index is 1160. The first-order valence-corrected chi connectivity index (χ1v) is 10.2. The summed E-state index contributed by atoms with van der Waals surface area (Å²) >= 11 is 0. The number of ether oxygens (including phenoxy) is 2. The summed E-state index contributed by atoms with van der Waals surface area (Å²) in [5, 5.41) is 2.89. The van der Waals surface area contributed by atoms with Crippen molar-refractivity contribution in [3.63, 3.8) is 0 Å². The number of methoxy groups -OCH3 is 2. The second kappa shape index (κ2) is 9.09. The van der Waals surface area contributed by atoms with Gasteiger partial charge in [-0.1, -0.05) is 24.3 Å². The predicted molar refractivity (Wildman–Crippen MR) is 118 cm³/mol. The SMILES string of the molecule is COc1cccc(CNC(=O)c2ccc3c(c2)CC(=O)N3Cc2ccc(F)cc2)c1OC. The Morgan fingerprint density at radius 3 is 2.56 bits per heavy atom. The first-order valence-electron chi connectivity index (χ1n) is 10.2. The third-order valence-corrected chi connectivity index (χ3v) is 5.45. The van der Waals surface area contributed by atoms with Crippen LogP contribution in [0.15, 0.2) is 60.7 Å². The van der Waals surface area contributed by atoms with E-state index in [1.54, 1.807) is 55.5 Å². The fraction of sp³-hybridized carbons (Fsp3) is 0.200. The third kappa shape index (κ3) is 4.27. The number of hydrogen-bond donors (Lipinski definition) is 1. The van der Waals surface area contributed by atoms with Gasteiger partial charge in [0.2, 0.25) is 5.91 Å². The minimum atomic E-state index is -0.316. The van der Waals surface area contributed by atoms with Gasteiger partial charge >= 0.3 is 0 Å². The highest BCUT2D eigenvalue weighted by atomic mass is 19.1. The number of hydrogen-bond acceptors (Lipinski definition) is 4. The molecule has 164 valence electrons. The molecule has 0 fully saturated rings. The topological polar surface area (TPSA) is 67.9 Å². The van der Waals surface area contributed by atoms with Gasteiger partial charge in [-0.25, -0.2) is 4.39 Å². The number of rotatable bonds is 7. The molecule has 0 saturated heterocycles. The molecule has 0 atom stereocenters. The van der Waals surface area contributed by atoms with E-state index in [-0.39, 0.29) is 30.6 Å². The van der Waals surface area contributed by atoms with E-state index in [9.17, 15) is 14.0 Å². The lowest BCUT2D eigenvalue weighted by Gasteiger charge is -2.18. The molecule has 1 aliphatic heterocycles. The quantitative estimate of drug-likeness (QED) is 0.613. The molecule has 3 aromatic carbocycles. The Morgan fingerprint density at radius 2 is 1.84 bits per heavy atom. The minimum Gasteiger partial charge on any atom is -0.493 e. The molecule has 4 rings (SSSR count). The summed E-state index contributed by atoms with van der Waals surface area (Å²) in [4.78, 5) is 26.9. The van der Waals surface area contributed by atoms with Gasteiger partial charge in [-0.2, -0.15) is 0 Å². The summed E-state index contributed by atoms with van der Waals surface area (Å²) in [5.41, 5.74) is 3.67. The zero-order valence-electron chi connectivity index (χ0n) is 17.9. The van der Waals surface area contributed by atoms with Crippen molar-refractivity contribution in [2.24, 2.45) is 0 Å². The maximum Gasteiger partial charge on any atom is 0.251 e. The number of halogens is 1. The van der Waals surface area contributed by atoms with Crippen LogP contribution in [0.1, 0.15) is 27.0 Å². The summed E-state index contributed by atoms with van der Waals surface area (Å²) in [6, 6.07) is 16.8. The van der Waals surface area contributed by atoms with Crippen molar-refractivity contribution >= 4 is 17.5 Å². The Balaban J connectivity index is 1.47. The molecular formula is C25H23FN2O4. The zero-order valence-corrected chi connectivity index (χ0v) is 17.9. The third-order valence-electron chi connectivity index (χ3n) is 5.45. The van der Waals surface area contributed by atoms with Crippen molar-refractivity contribution in [1.29, 1.82) is 0 Å². The van der Waals surface area contributed by atoms with E-state index in [0.717, 1.165) is 22.4 Å². The molecule has 0 unspecified atom stereocenters. The van der Waals surface area contributed by atoms with Gasteiger partial charge in [-0.05, 0) is 47.5 Å². The van der Waals surface area contributed by atoms with Gasteiger partial charge in [0, 0.05) is 23.4 Å². The highest BCUT2D eigenvalue weighted by molar-refractivity contribution is 6.03. The maximum absolute atomic E-state index is 13.2. The molecule has 1 heterocycles. The standard InChI is InChI=1S/C25H23FN2O4/c1-31-22-5-3-4-18(24(22)32-2)14-27-25(30)17-8-11-21-19(12-17)13-23(29)28(21)15-16-6-9-20(26)10-7-16/h3-12H,13-15H2,1-2H3,(H,27,30). The van der Waals surface area contributed by atoms with Crippen LogP contribution in [0.25, 0.3) is 0 Å². The Morgan fingerprint density at radius 1 is 1.06 bits per heavy atom. The summed E-state index contributed by atoms with van der Waals surface area (Å²) < 4.78 is 23.9. The van der Waals surface area contributed by atoms with Crippen LogP contribution in [0, 0.1) is 5.82 Å². The lowest BCUT2D eigenvalue weighted by Crippen LogP contribution is -2.26. The number of carbonyl (C=O) groups is 2. The van der Waals surface area contributed by atoms with E-state index in [1.165, 1.54) is 12.1 Å². The molecule has 1 N–H and O–H groups in total. The highest BCUT2D eigenvalue weighted by Crippen LogP contribution is 2.32. The highest BCUT2D eigenvalue weighted by Gasteiger charge is 2.28. The minimum absolute atomic E-state index is 0.0528. The summed E-state index contributed by atoms with van der Waals surface area (Å²) in [6.45, 7) is 0.624. The van der Waals surface area contributed by atoms with Gasteiger partial charge in [0.25, 0.3) is 5.91 Å². The second-order valence-corrected chi connectivity index (χ2v) is 7.46. The fourth-order valence-corrected chi connectivity index (χ4v) is 3.84. The largest absolute Gasteiger partial charge is 0.493 e. The van der Waals surface area contributed by atoms with Gasteiger partial charge < -0.3 is 19.7 Å². The number of carbonyl (C=O) groups excluding carboxylic acids is 2. The first kappa shape index (κ1) is 21.4. The van der Waals surface area contributed by atoms with E-state index in [1.807, 2.05) is 12.1 Å². The molecule has 1 aliphatic rings. The smallest absolute Gasteiger partial charge is 0.251 e. The summed E-state index contributed by atoms with van der Waals surface area (Å²) in [5.74, 6) is 0.553. The van der Waals surface area contributed by atoms with Crippen molar-refractivity contribution in [3.8, 4) is 11.5 Å². The van der Waals surface area contributed by atoms with Crippen LogP contribution in [-0.4, -0.2) is 26.0 Å². The molecule has 0 saturated carbocycles. The fourth-order valence-electron chi connectivity index (χ4n) is 3.84. The number of nitrogens with zero attached hydrogens (tertiary/aromatic N) is 1. The van der Waals surface area contributed by atoms with Crippen molar-refractivity contribution in [3.05, 3.63) is 88.7 Å². The van der Waals surface area contributed by atoms with Crippen LogP contribution in [0.2, 0.25) is 0 Å². The lowest BCUT2D eigenvalue weighted by molar-refractivity contribution is -0.117. The second-order valence-electron chi connectivity index (χ2n) is 7.46. The van der Waals surface area contributed by atoms with E-state index in [4.69, 9.17) is 9.47 Å². The Kier molecular flexibility index (Phi) is 6.07. The monoisotopic (exact) mass is 434 g/mol. The molecule has 7 heteroatoms. The van der Waals surface area contributed by atoms with Gasteiger partial charge in [0.15, 0.2) is 11.5 Å². The molecule has 3 aromatic rings. The number of para-hydroxylation sites is 1. The van der Waals surface area contributed by atoms with Gasteiger partial charge in [-0.15, -0.1) is 0 Å². The average molecular weight is 434 g/mol. The van der Waals surface area contributed by atoms with Gasteiger partial charge in [-0.3, -0.25) is 9.59 Å². The lowest BCUT2D eigenvalue weighted by atomic mass is 10.1. The molecule has 2 amide bonds. The molecule has 0 bridgehead atoms. The van der Waals surface area contributed by atoms with Crippen molar-refractivity contribution in [2.45, 2.75) is 19.5 Å². The molecular weight excluding hydrogens is 411 g/mol. The van der Waals surface area contributed by atoms with Crippen LogP contribution in [-0.2, 0) is 24.3 Å². The molecule has 0 radical (unpaired) electrons. The molecule has 6 nitrogen and oxygen atoms in total. The molecule has 0 aromatic heterocycles. The number of benzene rings is 3. The predicted octanol–water partition coefficient (Wildman–Crippen LogP) is 3.86. The summed E-state index contributed by atoms with van der Waals surface area (Å²) in [6.07, 6.45) is 0.224. The van der Waals surface area contributed by atoms with Crippen LogP contribution in [0.5, 0.6) is 11.5 Å². The van der Waals surface area contributed by atoms with Crippen molar-refractivity contribution in [1.82, 2.24) is 5.32 Å². The molecule has 32 heavy (non-hydrogen) atoms. The van der Waals surface area contributed by atoms with E-state index in [0.29, 0.717) is 23.6 Å².